The van der Waals surface area contributed by atoms with Gasteiger partial charge in [0.2, 0.25) is 11.8 Å². The van der Waals surface area contributed by atoms with Crippen LogP contribution in [0.1, 0.15) is 18.4 Å². The molecular weight excluding hydrogens is 320 g/mol. The molecule has 0 atom stereocenters. The van der Waals surface area contributed by atoms with Gasteiger partial charge < -0.3 is 19.3 Å². The van der Waals surface area contributed by atoms with E-state index in [0.717, 1.165) is 5.56 Å². The van der Waals surface area contributed by atoms with Crippen molar-refractivity contribution in [3.05, 3.63) is 29.8 Å². The SMILES string of the molecule is COc1ccc(/C=C/C(=O)N2CCC(C(=O)N(C)C)CC2)c(OC)c1. The first-order valence-electron chi connectivity index (χ1n) is 8.36. The Morgan fingerprint density at radius 3 is 2.40 bits per heavy atom. The molecule has 1 aliphatic heterocycles. The second-order valence-corrected chi connectivity index (χ2v) is 6.27. The number of carbonyl (C=O) groups is 2. The van der Waals surface area contributed by atoms with Gasteiger partial charge in [-0.3, -0.25) is 9.59 Å². The second-order valence-electron chi connectivity index (χ2n) is 6.27. The summed E-state index contributed by atoms with van der Waals surface area (Å²) in [7, 11) is 6.72. The highest BCUT2D eigenvalue weighted by Gasteiger charge is 2.27. The van der Waals surface area contributed by atoms with Crippen molar-refractivity contribution in [2.24, 2.45) is 5.92 Å². The van der Waals surface area contributed by atoms with Crippen LogP contribution in [-0.4, -0.2) is 63.0 Å². The van der Waals surface area contributed by atoms with Crippen molar-refractivity contribution in [2.45, 2.75) is 12.8 Å². The largest absolute Gasteiger partial charge is 0.497 e. The molecule has 0 aliphatic carbocycles. The molecule has 0 unspecified atom stereocenters. The topological polar surface area (TPSA) is 59.1 Å². The van der Waals surface area contributed by atoms with Crippen LogP contribution in [0.3, 0.4) is 0 Å². The number of ether oxygens (including phenoxy) is 2. The molecule has 1 fully saturated rings. The minimum atomic E-state index is -0.0476. The minimum Gasteiger partial charge on any atom is -0.497 e. The highest BCUT2D eigenvalue weighted by atomic mass is 16.5. The lowest BCUT2D eigenvalue weighted by molar-refractivity contribution is -0.137. The first kappa shape index (κ1) is 18.8. The summed E-state index contributed by atoms with van der Waals surface area (Å²) in [6.45, 7) is 1.21. The van der Waals surface area contributed by atoms with Crippen molar-refractivity contribution < 1.29 is 19.1 Å². The van der Waals surface area contributed by atoms with Gasteiger partial charge in [0.25, 0.3) is 0 Å². The first-order valence-corrected chi connectivity index (χ1v) is 8.36. The molecule has 1 aromatic carbocycles. The van der Waals surface area contributed by atoms with Gasteiger partial charge in [0.05, 0.1) is 14.2 Å². The van der Waals surface area contributed by atoms with Crippen molar-refractivity contribution >= 4 is 17.9 Å². The quantitative estimate of drug-likeness (QED) is 0.766. The summed E-state index contributed by atoms with van der Waals surface area (Å²) in [4.78, 5) is 27.8. The van der Waals surface area contributed by atoms with Crippen LogP contribution in [-0.2, 0) is 9.59 Å². The normalized spacial score (nSPS) is 15.3. The van der Waals surface area contributed by atoms with E-state index in [9.17, 15) is 9.59 Å². The molecule has 0 aromatic heterocycles. The van der Waals surface area contributed by atoms with E-state index in [1.807, 2.05) is 12.1 Å². The molecule has 2 rings (SSSR count). The van der Waals surface area contributed by atoms with Crippen LogP contribution >= 0.6 is 0 Å². The van der Waals surface area contributed by atoms with Crippen LogP contribution < -0.4 is 9.47 Å². The molecule has 0 N–H and O–H groups in total. The Balaban J connectivity index is 1.97. The van der Waals surface area contributed by atoms with Gasteiger partial charge in [-0.2, -0.15) is 0 Å². The van der Waals surface area contributed by atoms with Crippen molar-refractivity contribution in [3.8, 4) is 11.5 Å². The van der Waals surface area contributed by atoms with Crippen LogP contribution in [0.25, 0.3) is 6.08 Å². The van der Waals surface area contributed by atoms with Gasteiger partial charge >= 0.3 is 0 Å². The van der Waals surface area contributed by atoms with Gasteiger partial charge in [0.1, 0.15) is 11.5 Å². The third kappa shape index (κ3) is 4.75. The number of amides is 2. The molecule has 2 amide bonds. The highest BCUT2D eigenvalue weighted by Crippen LogP contribution is 2.26. The summed E-state index contributed by atoms with van der Waals surface area (Å²) in [5.74, 6) is 1.47. The maximum atomic E-state index is 12.4. The average Bonchev–Trinajstić information content (AvgIpc) is 2.65. The lowest BCUT2D eigenvalue weighted by Crippen LogP contribution is -2.42. The van der Waals surface area contributed by atoms with Crippen LogP contribution in [0.15, 0.2) is 24.3 Å². The molecule has 1 aliphatic rings. The molecule has 1 aromatic rings. The second kappa shape index (κ2) is 8.55. The summed E-state index contributed by atoms with van der Waals surface area (Å²) < 4.78 is 10.5. The van der Waals surface area contributed by atoms with E-state index in [-0.39, 0.29) is 17.7 Å². The van der Waals surface area contributed by atoms with Crippen LogP contribution in [0.2, 0.25) is 0 Å². The van der Waals surface area contributed by atoms with Gasteiger partial charge in [0.15, 0.2) is 0 Å². The first-order chi connectivity index (χ1) is 12.0. The molecule has 0 bridgehead atoms. The Morgan fingerprint density at radius 2 is 1.84 bits per heavy atom. The van der Waals surface area contributed by atoms with E-state index >= 15 is 0 Å². The fourth-order valence-electron chi connectivity index (χ4n) is 2.93. The fraction of sp³-hybridized carbons (Fsp3) is 0.474. The van der Waals surface area contributed by atoms with Crippen LogP contribution in [0.4, 0.5) is 0 Å². The third-order valence-corrected chi connectivity index (χ3v) is 4.44. The maximum Gasteiger partial charge on any atom is 0.246 e. The summed E-state index contributed by atoms with van der Waals surface area (Å²) in [5, 5.41) is 0. The number of nitrogens with zero attached hydrogens (tertiary/aromatic N) is 2. The Labute approximate surface area is 149 Å². The van der Waals surface area contributed by atoms with Gasteiger partial charge in [-0.05, 0) is 31.1 Å². The molecule has 6 heteroatoms. The van der Waals surface area contributed by atoms with E-state index in [1.165, 1.54) is 0 Å². The molecule has 0 radical (unpaired) electrons. The zero-order valence-corrected chi connectivity index (χ0v) is 15.3. The summed E-state index contributed by atoms with van der Waals surface area (Å²) in [6.07, 6.45) is 4.72. The molecule has 0 saturated carbocycles. The van der Waals surface area contributed by atoms with E-state index in [1.54, 1.807) is 56.3 Å². The summed E-state index contributed by atoms with van der Waals surface area (Å²) in [6, 6.07) is 5.46. The highest BCUT2D eigenvalue weighted by molar-refractivity contribution is 5.92. The Morgan fingerprint density at radius 1 is 1.16 bits per heavy atom. The molecule has 1 heterocycles. The van der Waals surface area contributed by atoms with Gasteiger partial charge in [-0.1, -0.05) is 0 Å². The summed E-state index contributed by atoms with van der Waals surface area (Å²) in [5.41, 5.74) is 0.814. The number of likely N-dealkylation sites (tertiary alicyclic amines) is 1. The predicted molar refractivity (Wildman–Crippen MR) is 96.6 cm³/mol. The molecule has 25 heavy (non-hydrogen) atoms. The minimum absolute atomic E-state index is 0.0183. The van der Waals surface area contributed by atoms with Gasteiger partial charge in [-0.25, -0.2) is 0 Å². The van der Waals surface area contributed by atoms with Gasteiger partial charge in [-0.15, -0.1) is 0 Å². The zero-order chi connectivity index (χ0) is 18.4. The smallest absolute Gasteiger partial charge is 0.246 e. The maximum absolute atomic E-state index is 12.4. The number of carbonyl (C=O) groups excluding carboxylic acids is 2. The lowest BCUT2D eigenvalue weighted by Gasteiger charge is -2.31. The average molecular weight is 346 g/mol. The monoisotopic (exact) mass is 346 g/mol. The van der Waals surface area contributed by atoms with Crippen LogP contribution in [0, 0.1) is 5.92 Å². The van der Waals surface area contributed by atoms with Crippen molar-refractivity contribution in [1.82, 2.24) is 9.80 Å². The molecular formula is C19H26N2O4. The number of hydrogen-bond acceptors (Lipinski definition) is 4. The fourth-order valence-corrected chi connectivity index (χ4v) is 2.93. The van der Waals surface area contributed by atoms with Crippen molar-refractivity contribution in [2.75, 3.05) is 41.4 Å². The van der Waals surface area contributed by atoms with Crippen molar-refractivity contribution in [1.29, 1.82) is 0 Å². The van der Waals surface area contributed by atoms with Gasteiger partial charge in [0, 0.05) is 50.8 Å². The number of rotatable bonds is 5. The number of hydrogen-bond donors (Lipinski definition) is 0. The molecule has 6 nitrogen and oxygen atoms in total. The van der Waals surface area contributed by atoms with E-state index in [2.05, 4.69) is 0 Å². The van der Waals surface area contributed by atoms with E-state index < -0.39 is 0 Å². The summed E-state index contributed by atoms with van der Waals surface area (Å²) >= 11 is 0. The van der Waals surface area contributed by atoms with E-state index in [4.69, 9.17) is 9.47 Å². The molecule has 1 saturated heterocycles. The predicted octanol–water partition coefficient (Wildman–Crippen LogP) is 2.04. The zero-order valence-electron chi connectivity index (χ0n) is 15.3. The molecule has 136 valence electrons. The van der Waals surface area contributed by atoms with E-state index in [0.29, 0.717) is 37.4 Å². The Kier molecular flexibility index (Phi) is 6.44. The molecule has 0 spiro atoms. The lowest BCUT2D eigenvalue weighted by atomic mass is 9.95. The van der Waals surface area contributed by atoms with Crippen molar-refractivity contribution in [3.63, 3.8) is 0 Å². The number of benzene rings is 1. The third-order valence-electron chi connectivity index (χ3n) is 4.44. The Bertz CT molecular complexity index is 647. The number of methoxy groups -OCH3 is 2. The van der Waals surface area contributed by atoms with Crippen LogP contribution in [0.5, 0.6) is 11.5 Å². The Hall–Kier alpha value is -2.50. The number of piperidine rings is 1. The standard InChI is InChI=1S/C19H26N2O4/c1-20(2)19(23)15-9-11-21(12-10-15)18(22)8-6-14-5-7-16(24-3)13-17(14)25-4/h5-8,13,15H,9-12H2,1-4H3/b8-6+.